The summed E-state index contributed by atoms with van der Waals surface area (Å²) < 4.78 is 11.7. The molecule has 2 aromatic rings. The minimum atomic E-state index is -0.909. The molecule has 1 heterocycles. The van der Waals surface area contributed by atoms with Crippen LogP contribution in [0.1, 0.15) is 23.1 Å². The minimum Gasteiger partial charge on any atom is -0.490 e. The second kappa shape index (κ2) is 9.45. The van der Waals surface area contributed by atoms with E-state index in [1.165, 1.54) is 5.56 Å². The zero-order chi connectivity index (χ0) is 20.8. The van der Waals surface area contributed by atoms with Gasteiger partial charge in [0.1, 0.15) is 24.7 Å². The van der Waals surface area contributed by atoms with Crippen LogP contribution in [-0.2, 0) is 16.0 Å². The molecule has 1 aliphatic heterocycles. The number of carboxylic acid groups (broad SMARTS) is 1. The lowest BCUT2D eigenvalue weighted by molar-refractivity contribution is -0.141. The molecule has 1 N–H and O–H groups in total. The summed E-state index contributed by atoms with van der Waals surface area (Å²) in [6.45, 7) is 5.68. The van der Waals surface area contributed by atoms with Crippen molar-refractivity contribution in [1.29, 1.82) is 0 Å². The van der Waals surface area contributed by atoms with Gasteiger partial charge in [0, 0.05) is 19.5 Å². The van der Waals surface area contributed by atoms with E-state index >= 15 is 0 Å². The number of amides is 1. The van der Waals surface area contributed by atoms with E-state index < -0.39 is 11.9 Å². The standard InChI is InChI=1S/C23H27NO5/c1-16-7-8-20(17(2)13-16)28-11-12-29-21-6-4-3-5-18(21)9-10-24-15-19(23(26)27)14-22(24)25/h3-8,13,19H,9-12,14-15H2,1-2H3,(H,26,27). The number of hydrogen-bond acceptors (Lipinski definition) is 4. The lowest BCUT2D eigenvalue weighted by atomic mass is 10.1. The second-order valence-electron chi connectivity index (χ2n) is 7.40. The van der Waals surface area contributed by atoms with Gasteiger partial charge in [-0.1, -0.05) is 35.9 Å². The summed E-state index contributed by atoms with van der Waals surface area (Å²) in [5, 5.41) is 9.10. The quantitative estimate of drug-likeness (QED) is 0.658. The molecule has 1 saturated heterocycles. The van der Waals surface area contributed by atoms with Crippen LogP contribution in [0.5, 0.6) is 11.5 Å². The SMILES string of the molecule is Cc1ccc(OCCOc2ccccc2CCN2CC(C(=O)O)CC2=O)c(C)c1. The van der Waals surface area contributed by atoms with Gasteiger partial charge in [0.15, 0.2) is 0 Å². The Kier molecular flexibility index (Phi) is 6.75. The smallest absolute Gasteiger partial charge is 0.308 e. The summed E-state index contributed by atoms with van der Waals surface area (Å²) in [6.07, 6.45) is 0.704. The molecule has 2 aromatic carbocycles. The zero-order valence-electron chi connectivity index (χ0n) is 16.9. The minimum absolute atomic E-state index is 0.0866. The van der Waals surface area contributed by atoms with Gasteiger partial charge in [0.25, 0.3) is 0 Å². The number of nitrogens with zero attached hydrogens (tertiary/aromatic N) is 1. The largest absolute Gasteiger partial charge is 0.490 e. The maximum atomic E-state index is 12.0. The first-order chi connectivity index (χ1) is 13.9. The molecule has 154 valence electrons. The monoisotopic (exact) mass is 397 g/mol. The van der Waals surface area contributed by atoms with Crippen LogP contribution < -0.4 is 9.47 Å². The molecule has 0 spiro atoms. The van der Waals surface area contributed by atoms with Crippen molar-refractivity contribution < 1.29 is 24.2 Å². The highest BCUT2D eigenvalue weighted by molar-refractivity contribution is 5.86. The summed E-state index contributed by atoms with van der Waals surface area (Å²) in [4.78, 5) is 24.7. The number of carbonyl (C=O) groups excluding carboxylic acids is 1. The molecular weight excluding hydrogens is 370 g/mol. The van der Waals surface area contributed by atoms with Gasteiger partial charge in [-0.25, -0.2) is 0 Å². The van der Waals surface area contributed by atoms with E-state index in [4.69, 9.17) is 14.6 Å². The number of aryl methyl sites for hydroxylation is 2. The average Bonchev–Trinajstić information content (AvgIpc) is 3.07. The topological polar surface area (TPSA) is 76.1 Å². The Morgan fingerprint density at radius 1 is 1.10 bits per heavy atom. The third-order valence-electron chi connectivity index (χ3n) is 5.12. The Morgan fingerprint density at radius 2 is 1.83 bits per heavy atom. The van der Waals surface area contributed by atoms with Crippen LogP contribution in [0.25, 0.3) is 0 Å². The highest BCUT2D eigenvalue weighted by Gasteiger charge is 2.33. The Bertz CT molecular complexity index is 879. The van der Waals surface area contributed by atoms with E-state index in [1.807, 2.05) is 50.2 Å². The van der Waals surface area contributed by atoms with Gasteiger partial charge < -0.3 is 19.5 Å². The van der Waals surface area contributed by atoms with E-state index in [0.717, 1.165) is 22.6 Å². The van der Waals surface area contributed by atoms with E-state index in [9.17, 15) is 9.59 Å². The van der Waals surface area contributed by atoms with Crippen molar-refractivity contribution in [2.75, 3.05) is 26.3 Å². The average molecular weight is 397 g/mol. The maximum Gasteiger partial charge on any atom is 0.308 e. The van der Waals surface area contributed by atoms with Gasteiger partial charge in [0.2, 0.25) is 5.91 Å². The molecular formula is C23H27NO5. The summed E-state index contributed by atoms with van der Waals surface area (Å²) in [7, 11) is 0. The molecule has 0 aromatic heterocycles. The number of ether oxygens (including phenoxy) is 2. The summed E-state index contributed by atoms with van der Waals surface area (Å²) >= 11 is 0. The first-order valence-electron chi connectivity index (χ1n) is 9.85. The number of para-hydroxylation sites is 1. The number of carbonyl (C=O) groups is 2. The molecule has 1 amide bonds. The van der Waals surface area contributed by atoms with Crippen LogP contribution >= 0.6 is 0 Å². The van der Waals surface area contributed by atoms with Crippen molar-refractivity contribution in [3.05, 3.63) is 59.2 Å². The molecule has 1 atom stereocenters. The molecule has 1 unspecified atom stereocenters. The van der Waals surface area contributed by atoms with Gasteiger partial charge in [0.05, 0.1) is 5.92 Å². The summed E-state index contributed by atoms with van der Waals surface area (Å²) in [5.74, 6) is 0.00797. The number of aliphatic carboxylic acids is 1. The molecule has 1 fully saturated rings. The van der Waals surface area contributed by atoms with Gasteiger partial charge in [-0.2, -0.15) is 0 Å². The summed E-state index contributed by atoms with van der Waals surface area (Å²) in [6, 6.07) is 13.8. The van der Waals surface area contributed by atoms with Crippen molar-refractivity contribution in [3.63, 3.8) is 0 Å². The Morgan fingerprint density at radius 3 is 2.52 bits per heavy atom. The molecule has 0 aliphatic carbocycles. The second-order valence-corrected chi connectivity index (χ2v) is 7.40. The fourth-order valence-corrected chi connectivity index (χ4v) is 3.52. The van der Waals surface area contributed by atoms with Crippen LogP contribution in [0.15, 0.2) is 42.5 Å². The number of likely N-dealkylation sites (tertiary alicyclic amines) is 1. The third-order valence-corrected chi connectivity index (χ3v) is 5.12. The Hall–Kier alpha value is -3.02. The van der Waals surface area contributed by atoms with Gasteiger partial charge >= 0.3 is 5.97 Å². The van der Waals surface area contributed by atoms with Crippen LogP contribution in [0, 0.1) is 19.8 Å². The first-order valence-corrected chi connectivity index (χ1v) is 9.85. The third kappa shape index (κ3) is 5.50. The number of rotatable bonds is 9. The number of benzene rings is 2. The van der Waals surface area contributed by atoms with Crippen molar-refractivity contribution in [1.82, 2.24) is 4.90 Å². The normalized spacial score (nSPS) is 16.1. The molecule has 3 rings (SSSR count). The van der Waals surface area contributed by atoms with Crippen molar-refractivity contribution in [3.8, 4) is 11.5 Å². The van der Waals surface area contributed by atoms with E-state index in [-0.39, 0.29) is 18.9 Å². The fraction of sp³-hybridized carbons (Fsp3) is 0.391. The lowest BCUT2D eigenvalue weighted by Gasteiger charge is -2.18. The van der Waals surface area contributed by atoms with E-state index in [0.29, 0.717) is 26.2 Å². The highest BCUT2D eigenvalue weighted by Crippen LogP contribution is 2.23. The predicted octanol–water partition coefficient (Wildman–Crippen LogP) is 3.24. The Labute approximate surface area is 171 Å². The predicted molar refractivity (Wildman–Crippen MR) is 109 cm³/mol. The van der Waals surface area contributed by atoms with Crippen LogP contribution in [0.3, 0.4) is 0 Å². The van der Waals surface area contributed by atoms with Gasteiger partial charge in [-0.3, -0.25) is 9.59 Å². The number of carboxylic acids is 1. The van der Waals surface area contributed by atoms with E-state index in [1.54, 1.807) is 4.90 Å². The van der Waals surface area contributed by atoms with Crippen molar-refractivity contribution >= 4 is 11.9 Å². The van der Waals surface area contributed by atoms with Crippen LogP contribution in [-0.4, -0.2) is 48.2 Å². The molecule has 6 heteroatoms. The van der Waals surface area contributed by atoms with E-state index in [2.05, 4.69) is 6.07 Å². The maximum absolute atomic E-state index is 12.0. The highest BCUT2D eigenvalue weighted by atomic mass is 16.5. The van der Waals surface area contributed by atoms with Crippen LogP contribution in [0.2, 0.25) is 0 Å². The van der Waals surface area contributed by atoms with Crippen LogP contribution in [0.4, 0.5) is 0 Å². The summed E-state index contributed by atoms with van der Waals surface area (Å²) in [5.41, 5.74) is 3.29. The lowest BCUT2D eigenvalue weighted by Crippen LogP contribution is -2.28. The van der Waals surface area contributed by atoms with Gasteiger partial charge in [-0.05, 0) is 43.5 Å². The molecule has 0 radical (unpaired) electrons. The molecule has 0 bridgehead atoms. The Balaban J connectivity index is 1.50. The van der Waals surface area contributed by atoms with Crippen molar-refractivity contribution in [2.45, 2.75) is 26.7 Å². The fourth-order valence-electron chi connectivity index (χ4n) is 3.52. The molecule has 0 saturated carbocycles. The molecule has 6 nitrogen and oxygen atoms in total. The zero-order valence-corrected chi connectivity index (χ0v) is 16.9. The number of hydrogen-bond donors (Lipinski definition) is 1. The van der Waals surface area contributed by atoms with Gasteiger partial charge in [-0.15, -0.1) is 0 Å². The molecule has 29 heavy (non-hydrogen) atoms. The molecule has 1 aliphatic rings. The first kappa shape index (κ1) is 20.7. The van der Waals surface area contributed by atoms with Crippen molar-refractivity contribution in [2.24, 2.45) is 5.92 Å².